The van der Waals surface area contributed by atoms with Gasteiger partial charge in [0.15, 0.2) is 0 Å². The number of benzene rings is 2. The summed E-state index contributed by atoms with van der Waals surface area (Å²) >= 11 is 0. The molecule has 0 atom stereocenters. The minimum absolute atomic E-state index is 0.0496. The van der Waals surface area contributed by atoms with E-state index in [0.717, 1.165) is 24.8 Å². The van der Waals surface area contributed by atoms with Crippen LogP contribution in [0.2, 0.25) is 0 Å². The van der Waals surface area contributed by atoms with E-state index in [1.807, 2.05) is 32.0 Å². The molecule has 0 aliphatic rings. The van der Waals surface area contributed by atoms with Crippen molar-refractivity contribution < 1.29 is 14.3 Å². The molecule has 1 amide bonds. The first-order valence-electron chi connectivity index (χ1n) is 10.1. The molecular weight excluding hydrogens is 364 g/mol. The fraction of sp³-hybridized carbons (Fsp3) is 0.375. The number of esters is 1. The lowest BCUT2D eigenvalue weighted by molar-refractivity contribution is -0.134. The van der Waals surface area contributed by atoms with Gasteiger partial charge in [-0.15, -0.1) is 0 Å². The topological polar surface area (TPSA) is 70.4 Å². The number of para-hydroxylation sites is 1. The summed E-state index contributed by atoms with van der Waals surface area (Å²) in [5.74, 6) is 0.112. The molecule has 0 fully saturated rings. The average Bonchev–Trinajstić information content (AvgIpc) is 2.72. The highest BCUT2D eigenvalue weighted by Crippen LogP contribution is 2.23. The van der Waals surface area contributed by atoms with Crippen LogP contribution in [0.1, 0.15) is 67.9 Å². The number of unbranched alkanes of at least 4 members (excludes halogenated alkanes) is 2. The van der Waals surface area contributed by atoms with Gasteiger partial charge >= 0.3 is 5.97 Å². The largest absolute Gasteiger partial charge is 0.426 e. The second-order valence-electron chi connectivity index (χ2n) is 7.25. The number of amides is 1. The molecule has 5 nitrogen and oxygen atoms in total. The Morgan fingerprint density at radius 3 is 2.38 bits per heavy atom. The molecule has 2 aromatic rings. The number of hydrogen-bond donors (Lipinski definition) is 0. The van der Waals surface area contributed by atoms with Crippen LogP contribution in [-0.2, 0) is 11.3 Å². The van der Waals surface area contributed by atoms with Crippen molar-refractivity contribution in [3.63, 3.8) is 0 Å². The van der Waals surface area contributed by atoms with E-state index in [2.05, 4.69) is 13.0 Å². The van der Waals surface area contributed by atoms with Crippen LogP contribution in [0.5, 0.6) is 5.75 Å². The maximum Gasteiger partial charge on any atom is 0.311 e. The van der Waals surface area contributed by atoms with E-state index in [1.54, 1.807) is 35.2 Å². The smallest absolute Gasteiger partial charge is 0.311 e. The van der Waals surface area contributed by atoms with Gasteiger partial charge in [0, 0.05) is 30.1 Å². The highest BCUT2D eigenvalue weighted by atomic mass is 16.5. The van der Waals surface area contributed by atoms with Crippen LogP contribution in [0.4, 0.5) is 0 Å². The Hall–Kier alpha value is -3.13. The predicted octanol–water partition coefficient (Wildman–Crippen LogP) is 5.09. The summed E-state index contributed by atoms with van der Waals surface area (Å²) in [6.07, 6.45) is 3.24. The number of rotatable bonds is 9. The lowest BCUT2D eigenvalue weighted by atomic mass is 10.1. The first-order chi connectivity index (χ1) is 14.0. The molecule has 0 radical (unpaired) electrons. The number of carbonyl (C=O) groups is 2. The fourth-order valence-corrected chi connectivity index (χ4v) is 2.95. The lowest BCUT2D eigenvalue weighted by Gasteiger charge is -2.27. The molecule has 0 aliphatic heterocycles. The molecule has 0 saturated heterocycles. The SMILES string of the molecule is CCCCCC(=O)Oc1ccccc1CN(C(=O)c1ccc(C#N)cc1)C(C)C. The average molecular weight is 392 g/mol. The van der Waals surface area contributed by atoms with Crippen molar-refractivity contribution in [1.82, 2.24) is 4.90 Å². The number of ether oxygens (including phenoxy) is 1. The Morgan fingerprint density at radius 1 is 1.07 bits per heavy atom. The molecule has 0 spiro atoms. The van der Waals surface area contributed by atoms with E-state index >= 15 is 0 Å². The molecular formula is C24H28N2O3. The minimum Gasteiger partial charge on any atom is -0.426 e. The standard InChI is InChI=1S/C24H28N2O3/c1-4-5-6-11-23(27)29-22-10-8-7-9-21(22)17-26(18(2)3)24(28)20-14-12-19(16-25)13-15-20/h7-10,12-15,18H,4-6,11,17H2,1-3H3. The van der Waals surface area contributed by atoms with E-state index in [-0.39, 0.29) is 17.9 Å². The van der Waals surface area contributed by atoms with Crippen molar-refractivity contribution >= 4 is 11.9 Å². The van der Waals surface area contributed by atoms with Gasteiger partial charge in [-0.1, -0.05) is 38.0 Å². The summed E-state index contributed by atoms with van der Waals surface area (Å²) in [5, 5.41) is 8.94. The maximum atomic E-state index is 13.0. The zero-order valence-electron chi connectivity index (χ0n) is 17.4. The molecule has 2 aromatic carbocycles. The van der Waals surface area contributed by atoms with Gasteiger partial charge in [0.1, 0.15) is 5.75 Å². The zero-order valence-corrected chi connectivity index (χ0v) is 17.4. The number of nitrogens with zero attached hydrogens (tertiary/aromatic N) is 2. The van der Waals surface area contributed by atoms with Gasteiger partial charge in [-0.3, -0.25) is 9.59 Å². The second-order valence-corrected chi connectivity index (χ2v) is 7.25. The van der Waals surface area contributed by atoms with E-state index in [9.17, 15) is 9.59 Å². The van der Waals surface area contributed by atoms with Crippen molar-refractivity contribution in [2.45, 2.75) is 59.0 Å². The van der Waals surface area contributed by atoms with Gasteiger partial charge in [0.25, 0.3) is 5.91 Å². The van der Waals surface area contributed by atoms with Crippen molar-refractivity contribution in [1.29, 1.82) is 5.26 Å². The molecule has 152 valence electrons. The molecule has 2 rings (SSSR count). The van der Waals surface area contributed by atoms with E-state index in [0.29, 0.717) is 29.8 Å². The first kappa shape index (κ1) is 22.2. The highest BCUT2D eigenvalue weighted by Gasteiger charge is 2.21. The molecule has 0 aliphatic carbocycles. The molecule has 0 saturated carbocycles. The summed E-state index contributed by atoms with van der Waals surface area (Å²) in [4.78, 5) is 26.9. The van der Waals surface area contributed by atoms with Crippen LogP contribution in [-0.4, -0.2) is 22.8 Å². The highest BCUT2D eigenvalue weighted by molar-refractivity contribution is 5.94. The van der Waals surface area contributed by atoms with E-state index in [4.69, 9.17) is 10.00 Å². The van der Waals surface area contributed by atoms with Crippen LogP contribution in [0.15, 0.2) is 48.5 Å². The predicted molar refractivity (Wildman–Crippen MR) is 112 cm³/mol. The molecule has 29 heavy (non-hydrogen) atoms. The van der Waals surface area contributed by atoms with Crippen LogP contribution in [0.3, 0.4) is 0 Å². The third-order valence-electron chi connectivity index (χ3n) is 4.67. The Labute approximate surface area is 172 Å². The Kier molecular flexibility index (Phi) is 8.42. The summed E-state index contributed by atoms with van der Waals surface area (Å²) in [5.41, 5.74) is 1.82. The molecule has 5 heteroatoms. The van der Waals surface area contributed by atoms with Gasteiger partial charge in [0.2, 0.25) is 0 Å². The van der Waals surface area contributed by atoms with Crippen LogP contribution in [0.25, 0.3) is 0 Å². The van der Waals surface area contributed by atoms with Gasteiger partial charge in [-0.05, 0) is 50.6 Å². The van der Waals surface area contributed by atoms with Crippen LogP contribution in [0, 0.1) is 11.3 Å². The molecule has 0 N–H and O–H groups in total. The first-order valence-corrected chi connectivity index (χ1v) is 10.1. The van der Waals surface area contributed by atoms with Gasteiger partial charge in [-0.25, -0.2) is 0 Å². The van der Waals surface area contributed by atoms with Gasteiger partial charge < -0.3 is 9.64 Å². The summed E-state index contributed by atoms with van der Waals surface area (Å²) in [7, 11) is 0. The molecule has 0 heterocycles. The van der Waals surface area contributed by atoms with Crippen LogP contribution < -0.4 is 4.74 Å². The lowest BCUT2D eigenvalue weighted by Crippen LogP contribution is -2.36. The Bertz CT molecular complexity index is 866. The van der Waals surface area contributed by atoms with Crippen LogP contribution >= 0.6 is 0 Å². The summed E-state index contributed by atoms with van der Waals surface area (Å²) in [6, 6.07) is 15.9. The van der Waals surface area contributed by atoms with Crippen molar-refractivity contribution in [3.8, 4) is 11.8 Å². The normalized spacial score (nSPS) is 10.4. The summed E-state index contributed by atoms with van der Waals surface area (Å²) in [6.45, 7) is 6.31. The van der Waals surface area contributed by atoms with Gasteiger partial charge in [-0.2, -0.15) is 5.26 Å². The Balaban J connectivity index is 2.17. The van der Waals surface area contributed by atoms with Crippen molar-refractivity contribution in [2.75, 3.05) is 0 Å². The number of nitriles is 1. The van der Waals surface area contributed by atoms with Crippen molar-refractivity contribution in [2.24, 2.45) is 0 Å². The van der Waals surface area contributed by atoms with E-state index in [1.165, 1.54) is 0 Å². The third-order valence-corrected chi connectivity index (χ3v) is 4.67. The van der Waals surface area contributed by atoms with E-state index < -0.39 is 0 Å². The second kappa shape index (κ2) is 11.0. The fourth-order valence-electron chi connectivity index (χ4n) is 2.95. The monoisotopic (exact) mass is 392 g/mol. The minimum atomic E-state index is -0.250. The quantitative estimate of drug-likeness (QED) is 0.338. The third kappa shape index (κ3) is 6.46. The van der Waals surface area contributed by atoms with Crippen molar-refractivity contribution in [3.05, 3.63) is 65.2 Å². The molecule has 0 bridgehead atoms. The Morgan fingerprint density at radius 2 is 1.76 bits per heavy atom. The number of hydrogen-bond acceptors (Lipinski definition) is 4. The zero-order chi connectivity index (χ0) is 21.2. The summed E-state index contributed by atoms with van der Waals surface area (Å²) < 4.78 is 5.58. The maximum absolute atomic E-state index is 13.0. The van der Waals surface area contributed by atoms with Gasteiger partial charge in [0.05, 0.1) is 11.6 Å². The number of carbonyl (C=O) groups excluding carboxylic acids is 2. The molecule has 0 aromatic heterocycles. The molecule has 0 unspecified atom stereocenters.